The maximum absolute atomic E-state index is 10.3. The van der Waals surface area contributed by atoms with E-state index in [1.54, 1.807) is 0 Å². The monoisotopic (exact) mass is 226 g/mol. The Hall–Kier alpha value is 0.330. The summed E-state index contributed by atoms with van der Waals surface area (Å²) in [5, 5.41) is 0. The number of benzene rings is 1. The quantitative estimate of drug-likeness (QED) is 0.482. The van der Waals surface area contributed by atoms with Crippen LogP contribution in [-0.2, 0) is 15.5 Å². The fraction of sp³-hybridized carbons (Fsp3) is 0.250. The van der Waals surface area contributed by atoms with E-state index in [0.717, 1.165) is 5.56 Å². The third-order valence-electron chi connectivity index (χ3n) is 1.49. The topological polar surface area (TPSA) is 66.8 Å². The molecule has 0 saturated carbocycles. The molecule has 1 aromatic carbocycles. The zero-order valence-corrected chi connectivity index (χ0v) is 10.9. The number of phosphoric acid groups is 1. The summed E-state index contributed by atoms with van der Waals surface area (Å²) in [6, 6.07) is 9.37. The Balaban J connectivity index is 0. The number of phosphoric ester groups is 1. The van der Waals surface area contributed by atoms with Crippen LogP contribution in [0.15, 0.2) is 30.3 Å². The summed E-state index contributed by atoms with van der Waals surface area (Å²) in [7, 11) is -4.30. The third kappa shape index (κ3) is 6.74. The van der Waals surface area contributed by atoms with E-state index >= 15 is 0 Å². The van der Waals surface area contributed by atoms with E-state index in [1.165, 1.54) is 0 Å². The van der Waals surface area contributed by atoms with Gasteiger partial charge in [0.15, 0.2) is 0 Å². The molecule has 0 aliphatic carbocycles. The first-order chi connectivity index (χ1) is 6.08. The molecule has 0 unspecified atom stereocenters. The minimum Gasteiger partial charge on any atom is -1.00 e. The Labute approximate surface area is 106 Å². The van der Waals surface area contributed by atoms with Gasteiger partial charge in [-0.2, -0.15) is 0 Å². The molecule has 0 bridgehead atoms. The second-order valence-corrected chi connectivity index (χ2v) is 3.80. The van der Waals surface area contributed by atoms with Crippen LogP contribution < -0.4 is 29.6 Å². The van der Waals surface area contributed by atoms with E-state index in [2.05, 4.69) is 4.52 Å². The molecule has 6 heteroatoms. The van der Waals surface area contributed by atoms with Gasteiger partial charge in [-0.05, 0) is 12.0 Å². The van der Waals surface area contributed by atoms with E-state index in [4.69, 9.17) is 9.79 Å². The smallest absolute Gasteiger partial charge is 1.00 e. The van der Waals surface area contributed by atoms with Crippen molar-refractivity contribution in [3.8, 4) is 0 Å². The van der Waals surface area contributed by atoms with Crippen molar-refractivity contribution in [1.29, 1.82) is 0 Å². The first-order valence-corrected chi connectivity index (χ1v) is 5.35. The number of hydrogen-bond acceptors (Lipinski definition) is 2. The van der Waals surface area contributed by atoms with E-state index in [1.807, 2.05) is 30.3 Å². The van der Waals surface area contributed by atoms with Crippen LogP contribution in [0.4, 0.5) is 0 Å². The van der Waals surface area contributed by atoms with Gasteiger partial charge in [0.2, 0.25) is 0 Å². The van der Waals surface area contributed by atoms with Gasteiger partial charge in [0, 0.05) is 0 Å². The van der Waals surface area contributed by atoms with Crippen molar-refractivity contribution in [1.82, 2.24) is 0 Å². The zero-order valence-electron chi connectivity index (χ0n) is 8.96. The molecule has 0 aromatic heterocycles. The Kier molecular flexibility index (Phi) is 6.91. The standard InChI is InChI=1S/C8H11O4P.Na.H/c9-13(10,11)12-7-6-8-4-2-1-3-5-8;;/h1-5H,6-7H2,(H2,9,10,11);;/q;+1;-1. The first-order valence-electron chi connectivity index (χ1n) is 3.82. The fourth-order valence-corrected chi connectivity index (χ4v) is 1.26. The van der Waals surface area contributed by atoms with Crippen molar-refractivity contribution in [3.05, 3.63) is 35.9 Å². The Bertz CT molecular complexity index is 303. The normalized spacial score (nSPS) is 10.7. The minimum absolute atomic E-state index is 0. The summed E-state index contributed by atoms with van der Waals surface area (Å²) in [6.07, 6.45) is 0.506. The molecule has 4 nitrogen and oxygen atoms in total. The number of hydrogen-bond donors (Lipinski definition) is 2. The Morgan fingerprint density at radius 2 is 1.86 bits per heavy atom. The maximum atomic E-state index is 10.3. The molecule has 2 N–H and O–H groups in total. The van der Waals surface area contributed by atoms with Gasteiger partial charge in [-0.15, -0.1) is 0 Å². The largest absolute Gasteiger partial charge is 1.00 e. The summed E-state index contributed by atoms with van der Waals surface area (Å²) in [6.45, 7) is 0.0360. The molecule has 1 aromatic rings. The molecular formula is C8H12NaO4P. The van der Waals surface area contributed by atoms with E-state index in [9.17, 15) is 4.57 Å². The maximum Gasteiger partial charge on any atom is 1.00 e. The van der Waals surface area contributed by atoms with Gasteiger partial charge in [0.25, 0.3) is 0 Å². The van der Waals surface area contributed by atoms with Gasteiger partial charge in [-0.3, -0.25) is 4.52 Å². The van der Waals surface area contributed by atoms with Crippen molar-refractivity contribution in [2.24, 2.45) is 0 Å². The van der Waals surface area contributed by atoms with Crippen LogP contribution in [0.5, 0.6) is 0 Å². The van der Waals surface area contributed by atoms with E-state index in [0.29, 0.717) is 6.42 Å². The van der Waals surface area contributed by atoms with Gasteiger partial charge in [-0.25, -0.2) is 4.57 Å². The molecule has 1 rings (SSSR count). The van der Waals surface area contributed by atoms with Crippen molar-refractivity contribution in [3.63, 3.8) is 0 Å². The summed E-state index contributed by atoms with van der Waals surface area (Å²) in [5.41, 5.74) is 0.996. The second kappa shape index (κ2) is 6.75. The minimum atomic E-state index is -4.30. The Morgan fingerprint density at radius 1 is 1.29 bits per heavy atom. The van der Waals surface area contributed by atoms with Gasteiger partial charge in [0.05, 0.1) is 6.61 Å². The molecule has 0 radical (unpaired) electrons. The van der Waals surface area contributed by atoms with Gasteiger partial charge < -0.3 is 11.2 Å². The number of rotatable bonds is 4. The molecule has 0 heterocycles. The second-order valence-electron chi connectivity index (χ2n) is 2.56. The molecule has 0 atom stereocenters. The van der Waals surface area contributed by atoms with Crippen molar-refractivity contribution < 1.29 is 49.9 Å². The van der Waals surface area contributed by atoms with E-state index in [-0.39, 0.29) is 37.6 Å². The predicted octanol–water partition coefficient (Wildman–Crippen LogP) is -1.55. The molecule has 74 valence electrons. The average molecular weight is 226 g/mol. The first kappa shape index (κ1) is 14.3. The van der Waals surface area contributed by atoms with E-state index < -0.39 is 7.82 Å². The Morgan fingerprint density at radius 3 is 2.36 bits per heavy atom. The van der Waals surface area contributed by atoms with Crippen LogP contribution in [0, 0.1) is 0 Å². The SMILES string of the molecule is O=P(O)(O)OCCc1ccccc1.[H-].[Na+]. The summed E-state index contributed by atoms with van der Waals surface area (Å²) < 4.78 is 14.6. The van der Waals surface area contributed by atoms with Gasteiger partial charge in [-0.1, -0.05) is 30.3 Å². The molecule has 0 saturated heterocycles. The van der Waals surface area contributed by atoms with Crippen LogP contribution in [0.25, 0.3) is 0 Å². The van der Waals surface area contributed by atoms with Crippen molar-refractivity contribution >= 4 is 7.82 Å². The van der Waals surface area contributed by atoms with Crippen LogP contribution in [-0.4, -0.2) is 16.4 Å². The molecule has 0 aliphatic rings. The van der Waals surface area contributed by atoms with Crippen LogP contribution in [0.1, 0.15) is 6.99 Å². The predicted molar refractivity (Wildman–Crippen MR) is 49.3 cm³/mol. The molecule has 0 fully saturated rings. The van der Waals surface area contributed by atoms with Gasteiger partial charge in [0.1, 0.15) is 0 Å². The van der Waals surface area contributed by atoms with Gasteiger partial charge >= 0.3 is 37.4 Å². The van der Waals surface area contributed by atoms with Crippen molar-refractivity contribution in [2.45, 2.75) is 6.42 Å². The molecule has 14 heavy (non-hydrogen) atoms. The zero-order chi connectivity index (χ0) is 9.73. The van der Waals surface area contributed by atoms with Crippen LogP contribution >= 0.6 is 7.82 Å². The summed E-state index contributed by atoms with van der Waals surface area (Å²) in [4.78, 5) is 16.8. The van der Waals surface area contributed by atoms with Crippen LogP contribution in [0.2, 0.25) is 0 Å². The molecule has 0 aliphatic heterocycles. The van der Waals surface area contributed by atoms with Crippen LogP contribution in [0.3, 0.4) is 0 Å². The summed E-state index contributed by atoms with van der Waals surface area (Å²) in [5.74, 6) is 0. The summed E-state index contributed by atoms with van der Waals surface area (Å²) >= 11 is 0. The molecular weight excluding hydrogens is 214 g/mol. The third-order valence-corrected chi connectivity index (χ3v) is 2.01. The van der Waals surface area contributed by atoms with Crippen molar-refractivity contribution in [2.75, 3.05) is 6.61 Å². The molecule has 0 amide bonds. The average Bonchev–Trinajstić information content (AvgIpc) is 2.04. The molecule has 0 spiro atoms. The fourth-order valence-electron chi connectivity index (χ4n) is 0.927.